The molecule has 6 nitrogen and oxygen atoms in total. The van der Waals surface area contributed by atoms with Crippen LogP contribution in [-0.2, 0) is 0 Å². The standard InChI is InChI=1S/C13H11F4N3O3/c1-22-10-6-7(2-3-9(10)23-13(16)17)19-11(21)8-4-5-18-20(8)12(14)15/h2-6,12-13H,1H3,(H,19,21). The molecular weight excluding hydrogens is 322 g/mol. The van der Waals surface area contributed by atoms with Crippen LogP contribution in [0.1, 0.15) is 17.0 Å². The van der Waals surface area contributed by atoms with Crippen LogP contribution in [0.3, 0.4) is 0 Å². The first-order valence-electron chi connectivity index (χ1n) is 6.18. The Balaban J connectivity index is 2.19. The highest BCUT2D eigenvalue weighted by atomic mass is 19.3. The molecule has 0 bridgehead atoms. The summed E-state index contributed by atoms with van der Waals surface area (Å²) in [6.07, 6.45) is 1.06. The number of halogens is 4. The van der Waals surface area contributed by atoms with Gasteiger partial charge in [0.05, 0.1) is 7.11 Å². The average molecular weight is 333 g/mol. The SMILES string of the molecule is COc1cc(NC(=O)c2ccnn2C(F)F)ccc1OC(F)F. The first kappa shape index (κ1) is 16.6. The zero-order chi connectivity index (χ0) is 17.0. The topological polar surface area (TPSA) is 65.4 Å². The van der Waals surface area contributed by atoms with Crippen LogP contribution in [0.15, 0.2) is 30.5 Å². The van der Waals surface area contributed by atoms with Crippen LogP contribution in [0.2, 0.25) is 0 Å². The van der Waals surface area contributed by atoms with E-state index in [1.54, 1.807) is 0 Å². The maximum atomic E-state index is 12.7. The van der Waals surface area contributed by atoms with Gasteiger partial charge in [0, 0.05) is 18.0 Å². The van der Waals surface area contributed by atoms with Crippen LogP contribution < -0.4 is 14.8 Å². The quantitative estimate of drug-likeness (QED) is 0.825. The molecule has 0 fully saturated rings. The van der Waals surface area contributed by atoms with Gasteiger partial charge >= 0.3 is 13.2 Å². The molecule has 0 saturated heterocycles. The van der Waals surface area contributed by atoms with Crippen LogP contribution in [0.5, 0.6) is 11.5 Å². The van der Waals surface area contributed by atoms with Crippen molar-refractivity contribution in [2.45, 2.75) is 13.2 Å². The van der Waals surface area contributed by atoms with Gasteiger partial charge in [0.2, 0.25) is 0 Å². The molecule has 2 rings (SSSR count). The molecule has 1 aromatic carbocycles. The number of anilines is 1. The molecule has 1 amide bonds. The first-order valence-corrected chi connectivity index (χ1v) is 6.18. The van der Waals surface area contributed by atoms with Crippen LogP contribution in [-0.4, -0.2) is 29.4 Å². The predicted octanol–water partition coefficient (Wildman–Crippen LogP) is 3.14. The number of hydrogen-bond acceptors (Lipinski definition) is 4. The number of nitrogens with one attached hydrogen (secondary N) is 1. The van der Waals surface area contributed by atoms with Gasteiger partial charge in [0.25, 0.3) is 5.91 Å². The lowest BCUT2D eigenvalue weighted by molar-refractivity contribution is -0.0512. The number of aromatic nitrogens is 2. The fourth-order valence-electron chi connectivity index (χ4n) is 1.78. The fourth-order valence-corrected chi connectivity index (χ4v) is 1.78. The van der Waals surface area contributed by atoms with E-state index in [9.17, 15) is 22.4 Å². The van der Waals surface area contributed by atoms with E-state index in [2.05, 4.69) is 15.2 Å². The van der Waals surface area contributed by atoms with Gasteiger partial charge in [-0.3, -0.25) is 4.79 Å². The number of nitrogens with zero attached hydrogens (tertiary/aromatic N) is 2. The van der Waals surface area contributed by atoms with E-state index in [0.29, 0.717) is 0 Å². The Morgan fingerprint density at radius 2 is 1.96 bits per heavy atom. The molecule has 0 unspecified atom stereocenters. The average Bonchev–Trinajstić information content (AvgIpc) is 2.98. The van der Waals surface area contributed by atoms with E-state index in [1.165, 1.54) is 19.2 Å². The Kier molecular flexibility index (Phi) is 5.04. The van der Waals surface area contributed by atoms with E-state index < -0.39 is 19.1 Å². The van der Waals surface area contributed by atoms with Crippen LogP contribution in [0, 0.1) is 0 Å². The Labute approximate surface area is 127 Å². The minimum absolute atomic E-state index is 0.0505. The number of methoxy groups -OCH3 is 1. The number of hydrogen-bond donors (Lipinski definition) is 1. The van der Waals surface area contributed by atoms with Gasteiger partial charge in [-0.15, -0.1) is 0 Å². The maximum Gasteiger partial charge on any atom is 0.387 e. The molecule has 1 N–H and O–H groups in total. The van der Waals surface area contributed by atoms with E-state index >= 15 is 0 Å². The highest BCUT2D eigenvalue weighted by Crippen LogP contribution is 2.31. The van der Waals surface area contributed by atoms with Crippen molar-refractivity contribution >= 4 is 11.6 Å². The summed E-state index contributed by atoms with van der Waals surface area (Å²) in [5, 5.41) is 5.68. The number of benzene rings is 1. The van der Waals surface area contributed by atoms with E-state index in [-0.39, 0.29) is 27.6 Å². The van der Waals surface area contributed by atoms with Crippen molar-refractivity contribution in [3.05, 3.63) is 36.2 Å². The lowest BCUT2D eigenvalue weighted by Crippen LogP contribution is -2.18. The van der Waals surface area contributed by atoms with Crippen molar-refractivity contribution in [2.24, 2.45) is 0 Å². The van der Waals surface area contributed by atoms with Crippen LogP contribution in [0.25, 0.3) is 0 Å². The third-order valence-corrected chi connectivity index (χ3v) is 2.73. The number of carbonyl (C=O) groups is 1. The van der Waals surface area contributed by atoms with Crippen molar-refractivity contribution in [3.63, 3.8) is 0 Å². The molecule has 0 saturated carbocycles. The molecule has 10 heteroatoms. The summed E-state index contributed by atoms with van der Waals surface area (Å²) in [6.45, 7) is -6.01. The molecule has 0 aliphatic carbocycles. The molecule has 0 aliphatic rings. The van der Waals surface area contributed by atoms with Crippen molar-refractivity contribution in [3.8, 4) is 11.5 Å². The second-order valence-electron chi connectivity index (χ2n) is 4.14. The second kappa shape index (κ2) is 6.99. The molecule has 1 aromatic heterocycles. The van der Waals surface area contributed by atoms with Crippen molar-refractivity contribution < 1.29 is 31.8 Å². The monoisotopic (exact) mass is 333 g/mol. The first-order chi connectivity index (χ1) is 10.9. The highest BCUT2D eigenvalue weighted by Gasteiger charge is 2.19. The van der Waals surface area contributed by atoms with Crippen LogP contribution >= 0.6 is 0 Å². The van der Waals surface area contributed by atoms with E-state index in [0.717, 1.165) is 18.3 Å². The van der Waals surface area contributed by atoms with Crippen LogP contribution in [0.4, 0.5) is 23.2 Å². The second-order valence-corrected chi connectivity index (χ2v) is 4.14. The molecule has 1 heterocycles. The van der Waals surface area contributed by atoms with Gasteiger partial charge in [-0.05, 0) is 18.2 Å². The zero-order valence-corrected chi connectivity index (χ0v) is 11.7. The largest absolute Gasteiger partial charge is 0.493 e. The van der Waals surface area contributed by atoms with E-state index in [1.807, 2.05) is 0 Å². The minimum Gasteiger partial charge on any atom is -0.493 e. The summed E-state index contributed by atoms with van der Waals surface area (Å²) in [6, 6.07) is 4.76. The summed E-state index contributed by atoms with van der Waals surface area (Å²) in [4.78, 5) is 12.0. The molecule has 124 valence electrons. The molecule has 0 aliphatic heterocycles. The summed E-state index contributed by atoms with van der Waals surface area (Å²) >= 11 is 0. The molecule has 0 spiro atoms. The molecule has 23 heavy (non-hydrogen) atoms. The van der Waals surface area contributed by atoms with Gasteiger partial charge < -0.3 is 14.8 Å². The lowest BCUT2D eigenvalue weighted by atomic mass is 10.2. The summed E-state index contributed by atoms with van der Waals surface area (Å²) in [5.41, 5.74) is -0.206. The molecule has 0 atom stereocenters. The minimum atomic E-state index is -3.04. The van der Waals surface area contributed by atoms with Gasteiger partial charge in [-0.2, -0.15) is 27.3 Å². The Bertz CT molecular complexity index is 691. The molecular formula is C13H11F4N3O3. The molecule has 2 aromatic rings. The third kappa shape index (κ3) is 3.90. The maximum absolute atomic E-state index is 12.7. The number of ether oxygens (including phenoxy) is 2. The van der Waals surface area contributed by atoms with Crippen molar-refractivity contribution in [1.82, 2.24) is 9.78 Å². The van der Waals surface area contributed by atoms with Gasteiger partial charge in [-0.1, -0.05) is 0 Å². The third-order valence-electron chi connectivity index (χ3n) is 2.73. The number of rotatable bonds is 6. The molecule has 0 radical (unpaired) electrons. The normalized spacial score (nSPS) is 10.9. The van der Waals surface area contributed by atoms with Gasteiger partial charge in [0.15, 0.2) is 11.5 Å². The Morgan fingerprint density at radius 1 is 1.22 bits per heavy atom. The van der Waals surface area contributed by atoms with Gasteiger partial charge in [-0.25, -0.2) is 0 Å². The van der Waals surface area contributed by atoms with Gasteiger partial charge in [0.1, 0.15) is 5.69 Å². The Hall–Kier alpha value is -2.78. The van der Waals surface area contributed by atoms with Crippen molar-refractivity contribution in [2.75, 3.05) is 12.4 Å². The lowest BCUT2D eigenvalue weighted by Gasteiger charge is -2.12. The summed E-state index contributed by atoms with van der Waals surface area (Å²) in [7, 11) is 1.23. The highest BCUT2D eigenvalue weighted by molar-refractivity contribution is 6.03. The predicted molar refractivity (Wildman–Crippen MR) is 71.1 cm³/mol. The van der Waals surface area contributed by atoms with E-state index in [4.69, 9.17) is 4.74 Å². The number of carbonyl (C=O) groups excluding carboxylic acids is 1. The number of alkyl halides is 4. The smallest absolute Gasteiger partial charge is 0.387 e. The summed E-state index contributed by atoms with van der Waals surface area (Å²) in [5.74, 6) is -1.11. The zero-order valence-electron chi connectivity index (χ0n) is 11.7. The Morgan fingerprint density at radius 3 is 2.57 bits per heavy atom. The fraction of sp³-hybridized carbons (Fsp3) is 0.231. The number of amides is 1. The summed E-state index contributed by atoms with van der Waals surface area (Å²) < 4.78 is 59.1. The van der Waals surface area contributed by atoms with Crippen molar-refractivity contribution in [1.29, 1.82) is 0 Å².